The third kappa shape index (κ3) is 2.90. The van der Waals surface area contributed by atoms with Crippen LogP contribution in [0.25, 0.3) is 0 Å². The number of hydrogen-bond acceptors (Lipinski definition) is 2. The predicted molar refractivity (Wildman–Crippen MR) is 74.8 cm³/mol. The molecule has 0 aliphatic carbocycles. The average molecular weight is 241 g/mol. The molecule has 1 atom stereocenters. The second-order valence-corrected chi connectivity index (χ2v) is 4.53. The van der Waals surface area contributed by atoms with Crippen molar-refractivity contribution in [2.24, 2.45) is 5.73 Å². The van der Waals surface area contributed by atoms with Gasteiger partial charge in [-0.3, -0.25) is 0 Å². The first kappa shape index (κ1) is 12.7. The first-order valence-corrected chi connectivity index (χ1v) is 6.14. The van der Waals surface area contributed by atoms with Gasteiger partial charge in [-0.15, -0.1) is 0 Å². The summed E-state index contributed by atoms with van der Waals surface area (Å²) in [5.74, 6) is 0.899. The van der Waals surface area contributed by atoms with E-state index in [0.29, 0.717) is 0 Å². The molecule has 0 saturated heterocycles. The maximum absolute atomic E-state index is 6.25. The standard InChI is InChI=1S/C16H19NO/c1-12-8-9-14(11-16(12)18-2)15(17)10-13-6-4-3-5-7-13/h3-9,11,15H,10,17H2,1-2H3. The number of nitrogens with two attached hydrogens (primary N) is 1. The molecule has 0 bridgehead atoms. The van der Waals surface area contributed by atoms with Crippen LogP contribution >= 0.6 is 0 Å². The second-order valence-electron chi connectivity index (χ2n) is 4.53. The Balaban J connectivity index is 2.16. The molecule has 0 radical (unpaired) electrons. The average Bonchev–Trinajstić information content (AvgIpc) is 2.40. The highest BCUT2D eigenvalue weighted by Gasteiger charge is 2.09. The molecule has 0 fully saturated rings. The van der Waals surface area contributed by atoms with Gasteiger partial charge in [0, 0.05) is 6.04 Å². The van der Waals surface area contributed by atoms with Crippen LogP contribution in [0, 0.1) is 6.92 Å². The van der Waals surface area contributed by atoms with Gasteiger partial charge in [0.15, 0.2) is 0 Å². The van der Waals surface area contributed by atoms with Gasteiger partial charge in [-0.25, -0.2) is 0 Å². The summed E-state index contributed by atoms with van der Waals surface area (Å²) in [6.07, 6.45) is 0.840. The lowest BCUT2D eigenvalue weighted by atomic mass is 9.98. The van der Waals surface area contributed by atoms with Crippen molar-refractivity contribution in [2.45, 2.75) is 19.4 Å². The number of rotatable bonds is 4. The van der Waals surface area contributed by atoms with Crippen molar-refractivity contribution < 1.29 is 4.74 Å². The van der Waals surface area contributed by atoms with Crippen LogP contribution in [0.15, 0.2) is 48.5 Å². The molecule has 0 amide bonds. The molecule has 0 spiro atoms. The van der Waals surface area contributed by atoms with Crippen molar-refractivity contribution in [3.8, 4) is 5.75 Å². The van der Waals surface area contributed by atoms with Crippen LogP contribution in [0.5, 0.6) is 5.75 Å². The summed E-state index contributed by atoms with van der Waals surface area (Å²) in [5, 5.41) is 0. The lowest BCUT2D eigenvalue weighted by molar-refractivity contribution is 0.410. The molecule has 0 aromatic heterocycles. The van der Waals surface area contributed by atoms with Crippen LogP contribution in [0.2, 0.25) is 0 Å². The van der Waals surface area contributed by atoms with Crippen molar-refractivity contribution in [3.63, 3.8) is 0 Å². The van der Waals surface area contributed by atoms with Gasteiger partial charge in [-0.05, 0) is 36.1 Å². The third-order valence-corrected chi connectivity index (χ3v) is 3.16. The fourth-order valence-electron chi connectivity index (χ4n) is 2.05. The minimum absolute atomic E-state index is 0.00176. The summed E-state index contributed by atoms with van der Waals surface area (Å²) in [5.41, 5.74) is 9.74. The van der Waals surface area contributed by atoms with Crippen LogP contribution in [0.1, 0.15) is 22.7 Å². The Morgan fingerprint density at radius 1 is 1.11 bits per heavy atom. The van der Waals surface area contributed by atoms with Crippen molar-refractivity contribution in [3.05, 3.63) is 65.2 Å². The van der Waals surface area contributed by atoms with Gasteiger partial charge in [-0.1, -0.05) is 42.5 Å². The minimum atomic E-state index is 0.00176. The molecule has 0 aliphatic rings. The molecule has 0 saturated carbocycles. The molecule has 94 valence electrons. The topological polar surface area (TPSA) is 35.2 Å². The fraction of sp³-hybridized carbons (Fsp3) is 0.250. The van der Waals surface area contributed by atoms with Gasteiger partial charge >= 0.3 is 0 Å². The van der Waals surface area contributed by atoms with E-state index in [-0.39, 0.29) is 6.04 Å². The molecule has 2 nitrogen and oxygen atoms in total. The van der Waals surface area contributed by atoms with E-state index in [2.05, 4.69) is 24.3 Å². The Labute approximate surface area is 108 Å². The van der Waals surface area contributed by atoms with Crippen LogP contribution in [-0.4, -0.2) is 7.11 Å². The molecule has 2 aromatic carbocycles. The van der Waals surface area contributed by atoms with Crippen molar-refractivity contribution >= 4 is 0 Å². The molecular formula is C16H19NO. The highest BCUT2D eigenvalue weighted by atomic mass is 16.5. The molecule has 0 heterocycles. The maximum Gasteiger partial charge on any atom is 0.122 e. The number of methoxy groups -OCH3 is 1. The SMILES string of the molecule is COc1cc(C(N)Cc2ccccc2)ccc1C. The summed E-state index contributed by atoms with van der Waals surface area (Å²) >= 11 is 0. The molecular weight excluding hydrogens is 222 g/mol. The molecule has 1 unspecified atom stereocenters. The summed E-state index contributed by atoms with van der Waals surface area (Å²) < 4.78 is 5.33. The number of aryl methyl sites for hydroxylation is 1. The lowest BCUT2D eigenvalue weighted by Gasteiger charge is -2.14. The quantitative estimate of drug-likeness (QED) is 0.891. The first-order chi connectivity index (χ1) is 8.70. The highest BCUT2D eigenvalue weighted by molar-refractivity contribution is 5.38. The summed E-state index contributed by atoms with van der Waals surface area (Å²) in [4.78, 5) is 0. The van der Waals surface area contributed by atoms with E-state index in [4.69, 9.17) is 10.5 Å². The maximum atomic E-state index is 6.25. The zero-order valence-corrected chi connectivity index (χ0v) is 10.9. The normalized spacial score (nSPS) is 12.2. The van der Waals surface area contributed by atoms with E-state index in [0.717, 1.165) is 23.3 Å². The second kappa shape index (κ2) is 5.69. The Morgan fingerprint density at radius 2 is 1.83 bits per heavy atom. The Morgan fingerprint density at radius 3 is 2.50 bits per heavy atom. The molecule has 2 rings (SSSR count). The van der Waals surface area contributed by atoms with E-state index >= 15 is 0 Å². The molecule has 2 heteroatoms. The smallest absolute Gasteiger partial charge is 0.122 e. The van der Waals surface area contributed by atoms with Crippen molar-refractivity contribution in [2.75, 3.05) is 7.11 Å². The van der Waals surface area contributed by atoms with E-state index in [1.807, 2.05) is 31.2 Å². The van der Waals surface area contributed by atoms with Crippen molar-refractivity contribution in [1.82, 2.24) is 0 Å². The summed E-state index contributed by atoms with van der Waals surface area (Å²) in [6, 6.07) is 16.5. The van der Waals surface area contributed by atoms with E-state index in [1.54, 1.807) is 7.11 Å². The van der Waals surface area contributed by atoms with Gasteiger partial charge in [0.1, 0.15) is 5.75 Å². The molecule has 2 N–H and O–H groups in total. The van der Waals surface area contributed by atoms with Crippen molar-refractivity contribution in [1.29, 1.82) is 0 Å². The Hall–Kier alpha value is -1.80. The van der Waals surface area contributed by atoms with E-state index in [9.17, 15) is 0 Å². The van der Waals surface area contributed by atoms with Crippen LogP contribution in [0.4, 0.5) is 0 Å². The lowest BCUT2D eigenvalue weighted by Crippen LogP contribution is -2.13. The highest BCUT2D eigenvalue weighted by Crippen LogP contribution is 2.24. The monoisotopic (exact) mass is 241 g/mol. The molecule has 2 aromatic rings. The number of benzene rings is 2. The van der Waals surface area contributed by atoms with Gasteiger partial charge in [-0.2, -0.15) is 0 Å². The van der Waals surface area contributed by atoms with Gasteiger partial charge in [0.25, 0.3) is 0 Å². The minimum Gasteiger partial charge on any atom is -0.496 e. The van der Waals surface area contributed by atoms with Crippen LogP contribution in [-0.2, 0) is 6.42 Å². The first-order valence-electron chi connectivity index (χ1n) is 6.14. The summed E-state index contributed by atoms with van der Waals surface area (Å²) in [7, 11) is 1.69. The number of hydrogen-bond donors (Lipinski definition) is 1. The number of ether oxygens (including phenoxy) is 1. The van der Waals surface area contributed by atoms with Crippen LogP contribution in [0.3, 0.4) is 0 Å². The largest absolute Gasteiger partial charge is 0.496 e. The van der Waals surface area contributed by atoms with Crippen LogP contribution < -0.4 is 10.5 Å². The predicted octanol–water partition coefficient (Wildman–Crippen LogP) is 3.25. The zero-order valence-electron chi connectivity index (χ0n) is 10.9. The zero-order chi connectivity index (χ0) is 13.0. The molecule has 18 heavy (non-hydrogen) atoms. The molecule has 0 aliphatic heterocycles. The van der Waals surface area contributed by atoms with Gasteiger partial charge in [0.2, 0.25) is 0 Å². The van der Waals surface area contributed by atoms with E-state index in [1.165, 1.54) is 5.56 Å². The van der Waals surface area contributed by atoms with Gasteiger partial charge in [0.05, 0.1) is 7.11 Å². The Bertz CT molecular complexity index is 508. The Kier molecular flexibility index (Phi) is 4.00. The summed E-state index contributed by atoms with van der Waals surface area (Å²) in [6.45, 7) is 2.03. The third-order valence-electron chi connectivity index (χ3n) is 3.16. The van der Waals surface area contributed by atoms with E-state index < -0.39 is 0 Å². The van der Waals surface area contributed by atoms with Gasteiger partial charge < -0.3 is 10.5 Å². The fourth-order valence-corrected chi connectivity index (χ4v) is 2.05.